The van der Waals surface area contributed by atoms with Crippen LogP contribution in [-0.2, 0) is 5.41 Å². The molecule has 0 bridgehead atoms. The molecule has 0 amide bonds. The summed E-state index contributed by atoms with van der Waals surface area (Å²) in [6.45, 7) is 8.76. The third-order valence-electron chi connectivity index (χ3n) is 11.1. The maximum absolute atomic E-state index is 2.35. The average Bonchev–Trinajstić information content (AvgIpc) is 3.20. The maximum Gasteiger partial charge on any atom is 0.0701 e. The lowest BCUT2D eigenvalue weighted by molar-refractivity contribution is 0.745. The summed E-state index contributed by atoms with van der Waals surface area (Å²) in [6, 6.07) is 71.8. The van der Waals surface area contributed by atoms with Crippen LogP contribution in [0.1, 0.15) is 44.5 Å². The van der Waals surface area contributed by atoms with Crippen LogP contribution < -0.4 is 0 Å². The Morgan fingerprint density at radius 3 is 0.604 bits per heavy atom. The van der Waals surface area contributed by atoms with Crippen LogP contribution in [0, 0.1) is 27.7 Å². The largest absolute Gasteiger partial charge is 0.0701 e. The van der Waals surface area contributed by atoms with E-state index in [9.17, 15) is 0 Å². The molecule has 0 heteroatoms. The zero-order chi connectivity index (χ0) is 36.4. The molecule has 8 rings (SSSR count). The molecule has 0 aliphatic rings. The molecule has 0 atom stereocenters. The van der Waals surface area contributed by atoms with E-state index in [-0.39, 0.29) is 0 Å². The molecule has 0 aliphatic carbocycles. The van der Waals surface area contributed by atoms with E-state index in [2.05, 4.69) is 222 Å². The fourth-order valence-corrected chi connectivity index (χ4v) is 8.19. The Morgan fingerprint density at radius 1 is 0.226 bits per heavy atom. The van der Waals surface area contributed by atoms with Crippen molar-refractivity contribution in [2.45, 2.75) is 33.1 Å². The van der Waals surface area contributed by atoms with Gasteiger partial charge in [0.2, 0.25) is 0 Å². The predicted octanol–water partition coefficient (Wildman–Crippen LogP) is 14.0. The summed E-state index contributed by atoms with van der Waals surface area (Å²) in [5.74, 6) is 0. The fourth-order valence-electron chi connectivity index (χ4n) is 8.19. The highest BCUT2D eigenvalue weighted by Crippen LogP contribution is 2.47. The minimum atomic E-state index is -0.594. The monoisotopic (exact) mass is 680 g/mol. The van der Waals surface area contributed by atoms with Crippen molar-refractivity contribution in [1.29, 1.82) is 0 Å². The minimum Gasteiger partial charge on any atom is -0.0620 e. The van der Waals surface area contributed by atoms with E-state index in [1.807, 2.05) is 0 Å². The summed E-state index contributed by atoms with van der Waals surface area (Å²) >= 11 is 0. The van der Waals surface area contributed by atoms with Crippen molar-refractivity contribution in [3.05, 3.63) is 239 Å². The Morgan fingerprint density at radius 2 is 0.415 bits per heavy atom. The van der Waals surface area contributed by atoms with Gasteiger partial charge in [0, 0.05) is 0 Å². The SMILES string of the molecule is Cc1ccccc1-c1ccc(C(c2ccc(-c3ccccc3C)cc2)(c2ccc(-c3ccccc3C)cc2)c2ccc(-c3ccccc3C)cc2)cc1. The van der Waals surface area contributed by atoms with Crippen molar-refractivity contribution in [2.75, 3.05) is 0 Å². The molecular formula is C53H44. The van der Waals surface area contributed by atoms with Gasteiger partial charge >= 0.3 is 0 Å². The maximum atomic E-state index is 2.35. The van der Waals surface area contributed by atoms with E-state index >= 15 is 0 Å². The van der Waals surface area contributed by atoms with Crippen molar-refractivity contribution < 1.29 is 0 Å². The number of rotatable bonds is 8. The zero-order valence-electron chi connectivity index (χ0n) is 31.0. The summed E-state index contributed by atoms with van der Waals surface area (Å²) in [5, 5.41) is 0. The van der Waals surface area contributed by atoms with Crippen molar-refractivity contribution in [3.63, 3.8) is 0 Å². The van der Waals surface area contributed by atoms with Gasteiger partial charge in [-0.1, -0.05) is 194 Å². The second-order valence-corrected chi connectivity index (χ2v) is 14.3. The normalized spacial score (nSPS) is 11.4. The van der Waals surface area contributed by atoms with Crippen molar-refractivity contribution >= 4 is 0 Å². The van der Waals surface area contributed by atoms with Crippen molar-refractivity contribution in [1.82, 2.24) is 0 Å². The molecule has 0 unspecified atom stereocenters. The molecule has 0 radical (unpaired) electrons. The Balaban J connectivity index is 1.37. The molecule has 0 heterocycles. The van der Waals surface area contributed by atoms with Gasteiger partial charge in [0.15, 0.2) is 0 Å². The van der Waals surface area contributed by atoms with Crippen LogP contribution in [0.2, 0.25) is 0 Å². The Labute approximate surface area is 315 Å². The van der Waals surface area contributed by atoms with Crippen LogP contribution in [0.25, 0.3) is 44.5 Å². The van der Waals surface area contributed by atoms with E-state index in [1.165, 1.54) is 89.0 Å². The second-order valence-electron chi connectivity index (χ2n) is 14.3. The molecular weight excluding hydrogens is 637 g/mol. The third kappa shape index (κ3) is 6.32. The summed E-state index contributed by atoms with van der Waals surface area (Å²) in [6.07, 6.45) is 0. The van der Waals surface area contributed by atoms with Gasteiger partial charge in [-0.15, -0.1) is 0 Å². The van der Waals surface area contributed by atoms with Gasteiger partial charge in [0.1, 0.15) is 0 Å². The smallest absolute Gasteiger partial charge is 0.0620 e. The molecule has 0 saturated carbocycles. The molecule has 0 spiro atoms. The van der Waals surface area contributed by atoms with Crippen molar-refractivity contribution in [2.24, 2.45) is 0 Å². The molecule has 53 heavy (non-hydrogen) atoms. The van der Waals surface area contributed by atoms with E-state index in [1.54, 1.807) is 0 Å². The number of hydrogen-bond donors (Lipinski definition) is 0. The topological polar surface area (TPSA) is 0 Å². The number of aryl methyl sites for hydroxylation is 4. The van der Waals surface area contributed by atoms with Crippen LogP contribution in [-0.4, -0.2) is 0 Å². The van der Waals surface area contributed by atoms with Gasteiger partial charge in [0.25, 0.3) is 0 Å². The van der Waals surface area contributed by atoms with Gasteiger partial charge in [-0.05, 0) is 117 Å². The average molecular weight is 681 g/mol. The summed E-state index contributed by atoms with van der Waals surface area (Å²) in [4.78, 5) is 0. The van der Waals surface area contributed by atoms with E-state index in [0.29, 0.717) is 0 Å². The second kappa shape index (κ2) is 14.4. The number of hydrogen-bond acceptors (Lipinski definition) is 0. The molecule has 0 nitrogen and oxygen atoms in total. The van der Waals surface area contributed by atoms with Crippen LogP contribution in [0.4, 0.5) is 0 Å². The molecule has 0 N–H and O–H groups in total. The zero-order valence-corrected chi connectivity index (χ0v) is 31.0. The molecule has 0 fully saturated rings. The van der Waals surface area contributed by atoms with Gasteiger partial charge in [-0.2, -0.15) is 0 Å². The van der Waals surface area contributed by atoms with Gasteiger partial charge < -0.3 is 0 Å². The Hall–Kier alpha value is -6.24. The Bertz CT molecular complexity index is 2140. The van der Waals surface area contributed by atoms with Crippen molar-refractivity contribution in [3.8, 4) is 44.5 Å². The van der Waals surface area contributed by atoms with Gasteiger partial charge in [-0.3, -0.25) is 0 Å². The highest BCUT2D eigenvalue weighted by molar-refractivity contribution is 5.74. The van der Waals surface area contributed by atoms with Crippen LogP contribution >= 0.6 is 0 Å². The fraction of sp³-hybridized carbons (Fsp3) is 0.0943. The highest BCUT2D eigenvalue weighted by Gasteiger charge is 2.38. The van der Waals surface area contributed by atoms with E-state index in [0.717, 1.165) is 0 Å². The Kier molecular flexibility index (Phi) is 9.21. The summed E-state index contributed by atoms with van der Waals surface area (Å²) < 4.78 is 0. The van der Waals surface area contributed by atoms with Crippen LogP contribution in [0.15, 0.2) is 194 Å². The predicted molar refractivity (Wildman–Crippen MR) is 225 cm³/mol. The number of benzene rings is 8. The van der Waals surface area contributed by atoms with E-state index < -0.39 is 5.41 Å². The molecule has 0 saturated heterocycles. The van der Waals surface area contributed by atoms with Crippen LogP contribution in [0.5, 0.6) is 0 Å². The van der Waals surface area contributed by atoms with Gasteiger partial charge in [-0.25, -0.2) is 0 Å². The first-order valence-electron chi connectivity index (χ1n) is 18.6. The minimum absolute atomic E-state index is 0.594. The molecule has 0 aliphatic heterocycles. The summed E-state index contributed by atoms with van der Waals surface area (Å²) in [5.41, 5.74) is 19.4. The highest BCUT2D eigenvalue weighted by atomic mass is 14.4. The third-order valence-corrected chi connectivity index (χ3v) is 11.1. The standard InChI is InChI=1S/C53H44/c1-37-13-5-9-17-49(37)41-21-29-45(30-22-41)53(46-31-23-42(24-32-46)50-18-10-6-14-38(50)2,47-33-25-43(26-34-47)51-19-11-7-15-39(51)3)48-35-27-44(28-36-48)52-20-12-8-16-40(52)4/h5-36H,1-4H3. The molecule has 256 valence electrons. The lowest BCUT2D eigenvalue weighted by Crippen LogP contribution is -2.31. The molecule has 0 aromatic heterocycles. The lowest BCUT2D eigenvalue weighted by atomic mass is 9.64. The van der Waals surface area contributed by atoms with Gasteiger partial charge in [0.05, 0.1) is 5.41 Å². The van der Waals surface area contributed by atoms with E-state index in [4.69, 9.17) is 0 Å². The first-order chi connectivity index (χ1) is 25.9. The first-order valence-corrected chi connectivity index (χ1v) is 18.6. The molecule has 8 aromatic carbocycles. The summed E-state index contributed by atoms with van der Waals surface area (Å²) in [7, 11) is 0. The first kappa shape index (κ1) is 33.9. The molecule has 8 aromatic rings. The lowest BCUT2D eigenvalue weighted by Gasteiger charge is -2.37. The quantitative estimate of drug-likeness (QED) is 0.140. The van der Waals surface area contributed by atoms with Crippen LogP contribution in [0.3, 0.4) is 0 Å².